The average molecular weight is 778 g/mol. The molecule has 1 aliphatic carbocycles. The van der Waals surface area contributed by atoms with E-state index in [-0.39, 0.29) is 5.41 Å². The van der Waals surface area contributed by atoms with Gasteiger partial charge in [0.05, 0.1) is 27.8 Å². The molecule has 61 heavy (non-hydrogen) atoms. The van der Waals surface area contributed by atoms with Gasteiger partial charge in [-0.2, -0.15) is 0 Å². The molecule has 0 N–H and O–H groups in total. The van der Waals surface area contributed by atoms with Crippen molar-refractivity contribution in [2.45, 2.75) is 26.2 Å². The molecule has 0 spiro atoms. The molecule has 13 rings (SSSR count). The maximum Gasteiger partial charge on any atom is 0.116 e. The predicted molar refractivity (Wildman–Crippen MR) is 258 cm³/mol. The van der Waals surface area contributed by atoms with E-state index in [1.807, 2.05) is 0 Å². The zero-order valence-corrected chi connectivity index (χ0v) is 34.2. The van der Waals surface area contributed by atoms with Crippen molar-refractivity contribution >= 4 is 87.8 Å². The zero-order chi connectivity index (χ0) is 40.6. The largest absolute Gasteiger partial charge is 0.309 e. The fraction of sp³-hybridized carbons (Fsp3) is 0.0690. The van der Waals surface area contributed by atoms with Crippen LogP contribution in [0.4, 0.5) is 5.69 Å². The Morgan fingerprint density at radius 2 is 1.07 bits per heavy atom. The van der Waals surface area contributed by atoms with Crippen molar-refractivity contribution in [2.24, 2.45) is 4.99 Å². The number of rotatable bonds is 3. The van der Waals surface area contributed by atoms with Crippen LogP contribution in [-0.2, 0) is 5.41 Å². The van der Waals surface area contributed by atoms with Gasteiger partial charge in [0.1, 0.15) is 11.4 Å². The van der Waals surface area contributed by atoms with Crippen LogP contribution in [-0.4, -0.2) is 14.8 Å². The molecule has 11 aromatic rings. The maximum absolute atomic E-state index is 5.64. The summed E-state index contributed by atoms with van der Waals surface area (Å²) >= 11 is 0. The first-order valence-corrected chi connectivity index (χ1v) is 21.2. The molecule has 2 aromatic heterocycles. The molecule has 0 fully saturated rings. The molecule has 3 nitrogen and oxygen atoms in total. The standard InChI is InChI=1S/C58H39N3/c1-35-32-54(57(59-49-22-12-9-16-40(35)49)38-24-29-48-46(33-38)43-19-8-11-21-47(43)58(48,2)3)61-52-31-26-37-15-5-7-18-42(37)56(52)45-28-27-39(34-53(45)61)60-50-23-13-10-20-44(50)55-41-17-6-4-14-36(41)25-30-51(55)60/h4-31,33-34H,1-3H3. The van der Waals surface area contributed by atoms with E-state index >= 15 is 0 Å². The molecule has 0 saturated carbocycles. The molecule has 0 saturated heterocycles. The summed E-state index contributed by atoms with van der Waals surface area (Å²) in [6.07, 6.45) is 0. The molecule has 0 bridgehead atoms. The lowest BCUT2D eigenvalue weighted by Crippen LogP contribution is -2.15. The summed E-state index contributed by atoms with van der Waals surface area (Å²) < 4.78 is 4.90. The first kappa shape index (κ1) is 34.2. The Morgan fingerprint density at radius 1 is 0.459 bits per heavy atom. The molecule has 0 amide bonds. The van der Waals surface area contributed by atoms with E-state index in [2.05, 4.69) is 218 Å². The van der Waals surface area contributed by atoms with Gasteiger partial charge >= 0.3 is 0 Å². The second kappa shape index (κ2) is 12.4. The van der Waals surface area contributed by atoms with E-state index in [0.717, 1.165) is 50.5 Å². The molecule has 286 valence electrons. The normalized spacial score (nSPS) is 14.3. The first-order valence-electron chi connectivity index (χ1n) is 21.2. The first-order chi connectivity index (χ1) is 29.9. The molecule has 0 radical (unpaired) electrons. The number of aliphatic imine (C=N–C) groups is 1. The minimum Gasteiger partial charge on any atom is -0.309 e. The van der Waals surface area contributed by atoms with Crippen LogP contribution < -0.4 is 0 Å². The van der Waals surface area contributed by atoms with Crippen molar-refractivity contribution in [3.05, 3.63) is 210 Å². The molecule has 3 heterocycles. The third-order valence-corrected chi connectivity index (χ3v) is 13.6. The van der Waals surface area contributed by atoms with Gasteiger partial charge in [0, 0.05) is 49.3 Å². The second-order valence-corrected chi connectivity index (χ2v) is 17.3. The number of para-hydroxylation sites is 2. The van der Waals surface area contributed by atoms with E-state index < -0.39 is 0 Å². The van der Waals surface area contributed by atoms with Crippen molar-refractivity contribution in [3.63, 3.8) is 0 Å². The van der Waals surface area contributed by atoms with Crippen molar-refractivity contribution in [1.82, 2.24) is 9.13 Å². The third kappa shape index (κ3) is 4.73. The van der Waals surface area contributed by atoms with E-state index in [1.165, 1.54) is 76.4 Å². The van der Waals surface area contributed by atoms with Crippen molar-refractivity contribution in [2.75, 3.05) is 0 Å². The Kier molecular flexibility index (Phi) is 6.95. The third-order valence-electron chi connectivity index (χ3n) is 13.6. The van der Waals surface area contributed by atoms with Crippen molar-refractivity contribution in [3.8, 4) is 16.8 Å². The SMILES string of the molecule is CC1=C=C(n2c3cc(-n4c5ccccc5c5c6ccccc6ccc54)ccc3c3c4ccccc4ccc32)C(c2ccc3c(c2)-c2ccccc2C3(C)C)=Nc2ccccc21. The number of allylic oxidation sites excluding steroid dienone is 1. The Balaban J connectivity index is 1.14. The molecule has 2 aliphatic rings. The smallest absolute Gasteiger partial charge is 0.116 e. The van der Waals surface area contributed by atoms with Crippen LogP contribution in [0.15, 0.2) is 193 Å². The van der Waals surface area contributed by atoms with Gasteiger partial charge in [0.15, 0.2) is 0 Å². The van der Waals surface area contributed by atoms with E-state index in [4.69, 9.17) is 4.99 Å². The van der Waals surface area contributed by atoms with Gasteiger partial charge in [0.25, 0.3) is 0 Å². The minimum absolute atomic E-state index is 0.0964. The molecule has 3 heteroatoms. The highest BCUT2D eigenvalue weighted by Gasteiger charge is 2.36. The lowest BCUT2D eigenvalue weighted by atomic mass is 9.82. The Morgan fingerprint density at radius 3 is 1.84 bits per heavy atom. The summed E-state index contributed by atoms with van der Waals surface area (Å²) in [4.78, 5) is 5.64. The van der Waals surface area contributed by atoms with Gasteiger partial charge in [-0.05, 0) is 93.2 Å². The lowest BCUT2D eigenvalue weighted by Gasteiger charge is -2.21. The number of nitrogens with zero attached hydrogens (tertiary/aromatic N) is 3. The quantitative estimate of drug-likeness (QED) is 0.159. The second-order valence-electron chi connectivity index (χ2n) is 17.3. The van der Waals surface area contributed by atoms with Crippen molar-refractivity contribution in [1.29, 1.82) is 0 Å². The summed E-state index contributed by atoms with van der Waals surface area (Å²) in [7, 11) is 0. The number of fused-ring (bicyclic) bond motifs is 14. The molecule has 0 atom stereocenters. The number of hydrogen-bond donors (Lipinski definition) is 0. The highest BCUT2D eigenvalue weighted by atomic mass is 15.0. The van der Waals surface area contributed by atoms with Gasteiger partial charge in [0.2, 0.25) is 0 Å². The highest BCUT2D eigenvalue weighted by molar-refractivity contribution is 6.33. The van der Waals surface area contributed by atoms with Gasteiger partial charge in [-0.15, -0.1) is 0 Å². The fourth-order valence-corrected chi connectivity index (χ4v) is 10.8. The molecule has 1 aliphatic heterocycles. The van der Waals surface area contributed by atoms with Crippen LogP contribution in [0.1, 0.15) is 43.0 Å². The van der Waals surface area contributed by atoms with Gasteiger partial charge in [-0.1, -0.05) is 159 Å². The Labute approximate surface area is 353 Å². The summed E-state index contributed by atoms with van der Waals surface area (Å²) in [6, 6.07) is 66.9. The summed E-state index contributed by atoms with van der Waals surface area (Å²) in [5, 5.41) is 9.90. The Bertz CT molecular complexity index is 3840. The minimum atomic E-state index is -0.0964. The molecule has 9 aromatic carbocycles. The maximum atomic E-state index is 5.64. The van der Waals surface area contributed by atoms with E-state index in [1.54, 1.807) is 0 Å². The number of hydrogen-bond acceptors (Lipinski definition) is 1. The molecular weight excluding hydrogens is 739 g/mol. The van der Waals surface area contributed by atoms with E-state index in [9.17, 15) is 0 Å². The van der Waals surface area contributed by atoms with E-state index in [0.29, 0.717) is 0 Å². The predicted octanol–water partition coefficient (Wildman–Crippen LogP) is 15.2. The number of aromatic nitrogens is 2. The Hall–Kier alpha value is -7.71. The average Bonchev–Trinajstić information content (AvgIpc) is 3.86. The highest BCUT2D eigenvalue weighted by Crippen LogP contribution is 2.49. The fourth-order valence-electron chi connectivity index (χ4n) is 10.8. The van der Waals surface area contributed by atoms with Crippen LogP contribution in [0.2, 0.25) is 0 Å². The zero-order valence-electron chi connectivity index (χ0n) is 34.2. The lowest BCUT2D eigenvalue weighted by molar-refractivity contribution is 0.660. The monoisotopic (exact) mass is 777 g/mol. The molecule has 0 unspecified atom stereocenters. The topological polar surface area (TPSA) is 22.2 Å². The summed E-state index contributed by atoms with van der Waals surface area (Å²) in [5.74, 6) is 0. The summed E-state index contributed by atoms with van der Waals surface area (Å²) in [6.45, 7) is 6.86. The van der Waals surface area contributed by atoms with Gasteiger partial charge in [-0.3, -0.25) is 0 Å². The summed E-state index contributed by atoms with van der Waals surface area (Å²) in [5.41, 5.74) is 20.9. The molecular formula is C58H39N3. The van der Waals surface area contributed by atoms with Crippen molar-refractivity contribution < 1.29 is 0 Å². The van der Waals surface area contributed by atoms with Gasteiger partial charge < -0.3 is 9.13 Å². The van der Waals surface area contributed by atoms with Crippen LogP contribution in [0, 0.1) is 0 Å². The van der Waals surface area contributed by atoms with Crippen LogP contribution in [0.3, 0.4) is 0 Å². The van der Waals surface area contributed by atoms with Crippen LogP contribution in [0.25, 0.3) is 93.2 Å². The van der Waals surface area contributed by atoms with Crippen LogP contribution >= 0.6 is 0 Å². The van der Waals surface area contributed by atoms with Crippen LogP contribution in [0.5, 0.6) is 0 Å². The number of benzene rings is 9. The van der Waals surface area contributed by atoms with Gasteiger partial charge in [-0.25, -0.2) is 4.99 Å².